The molecule has 0 atom stereocenters. The first kappa shape index (κ1) is 16.8. The summed E-state index contributed by atoms with van der Waals surface area (Å²) in [6.45, 7) is 4.75. The SMILES string of the molecule is CCCn1cnc2c1c(=O)n(C1CCCC1)c(=O)n2-c1ccccc1C. The highest BCUT2D eigenvalue weighted by atomic mass is 16.2. The molecular weight excluding hydrogens is 328 g/mol. The number of benzene rings is 1. The van der Waals surface area contributed by atoms with Crippen LogP contribution in [-0.2, 0) is 6.54 Å². The van der Waals surface area contributed by atoms with Crippen LogP contribution in [0.2, 0.25) is 0 Å². The van der Waals surface area contributed by atoms with Gasteiger partial charge in [-0.1, -0.05) is 38.0 Å². The number of aromatic nitrogens is 4. The Labute approximate surface area is 151 Å². The molecule has 0 unspecified atom stereocenters. The van der Waals surface area contributed by atoms with Crippen LogP contribution in [0.1, 0.15) is 50.6 Å². The quantitative estimate of drug-likeness (QED) is 0.724. The van der Waals surface area contributed by atoms with Crippen molar-refractivity contribution in [1.29, 1.82) is 0 Å². The third-order valence-corrected chi connectivity index (χ3v) is 5.36. The second kappa shape index (κ2) is 6.59. The monoisotopic (exact) mass is 352 g/mol. The van der Waals surface area contributed by atoms with Gasteiger partial charge in [0.2, 0.25) is 0 Å². The van der Waals surface area contributed by atoms with Gasteiger partial charge in [0.05, 0.1) is 12.0 Å². The fraction of sp³-hybridized carbons (Fsp3) is 0.450. The molecule has 1 saturated carbocycles. The minimum atomic E-state index is -0.273. The van der Waals surface area contributed by atoms with Gasteiger partial charge in [-0.05, 0) is 37.8 Å². The number of fused-ring (bicyclic) bond motifs is 1. The van der Waals surface area contributed by atoms with E-state index in [4.69, 9.17) is 0 Å². The molecule has 0 aliphatic heterocycles. The van der Waals surface area contributed by atoms with Crippen LogP contribution in [0.3, 0.4) is 0 Å². The van der Waals surface area contributed by atoms with E-state index >= 15 is 0 Å². The molecule has 0 bridgehead atoms. The van der Waals surface area contributed by atoms with Crippen LogP contribution in [0.15, 0.2) is 40.2 Å². The smallest absolute Gasteiger partial charge is 0.325 e. The van der Waals surface area contributed by atoms with Gasteiger partial charge < -0.3 is 4.57 Å². The fourth-order valence-electron chi connectivity index (χ4n) is 4.08. The molecule has 6 nitrogen and oxygen atoms in total. The predicted molar refractivity (Wildman–Crippen MR) is 102 cm³/mol. The van der Waals surface area contributed by atoms with Crippen molar-refractivity contribution in [2.45, 2.75) is 58.5 Å². The lowest BCUT2D eigenvalue weighted by Gasteiger charge is -2.17. The molecule has 3 aromatic rings. The van der Waals surface area contributed by atoms with Crippen LogP contribution >= 0.6 is 0 Å². The molecule has 1 aromatic carbocycles. The first-order valence-corrected chi connectivity index (χ1v) is 9.42. The topological polar surface area (TPSA) is 61.8 Å². The van der Waals surface area contributed by atoms with Crippen molar-refractivity contribution in [2.24, 2.45) is 0 Å². The maximum Gasteiger partial charge on any atom is 0.337 e. The third kappa shape index (κ3) is 2.52. The van der Waals surface area contributed by atoms with E-state index in [0.717, 1.165) is 43.4 Å². The minimum Gasteiger partial charge on any atom is -0.325 e. The fourth-order valence-corrected chi connectivity index (χ4v) is 4.08. The van der Waals surface area contributed by atoms with Crippen molar-refractivity contribution in [3.05, 3.63) is 57.0 Å². The summed E-state index contributed by atoms with van der Waals surface area (Å²) < 4.78 is 4.99. The molecule has 136 valence electrons. The lowest BCUT2D eigenvalue weighted by atomic mass is 10.2. The molecule has 0 radical (unpaired) electrons. The number of imidazole rings is 1. The van der Waals surface area contributed by atoms with E-state index in [2.05, 4.69) is 11.9 Å². The number of hydrogen-bond donors (Lipinski definition) is 0. The number of para-hydroxylation sites is 1. The summed E-state index contributed by atoms with van der Waals surface area (Å²) in [4.78, 5) is 31.1. The van der Waals surface area contributed by atoms with Gasteiger partial charge in [-0.3, -0.25) is 9.36 Å². The molecule has 1 fully saturated rings. The molecule has 6 heteroatoms. The Morgan fingerprint density at radius 2 is 1.88 bits per heavy atom. The number of rotatable bonds is 4. The van der Waals surface area contributed by atoms with Gasteiger partial charge in [-0.15, -0.1) is 0 Å². The predicted octanol–water partition coefficient (Wildman–Crippen LogP) is 3.18. The van der Waals surface area contributed by atoms with Gasteiger partial charge in [-0.25, -0.2) is 14.3 Å². The number of aryl methyl sites for hydroxylation is 2. The molecule has 1 aliphatic rings. The lowest BCUT2D eigenvalue weighted by molar-refractivity contribution is 0.474. The van der Waals surface area contributed by atoms with E-state index in [1.807, 2.05) is 35.8 Å². The summed E-state index contributed by atoms with van der Waals surface area (Å²) in [6, 6.07) is 7.73. The summed E-state index contributed by atoms with van der Waals surface area (Å²) in [5.41, 5.74) is 2.28. The maximum absolute atomic E-state index is 13.4. The first-order chi connectivity index (χ1) is 12.6. The van der Waals surface area contributed by atoms with Gasteiger partial charge in [-0.2, -0.15) is 0 Å². The standard InChI is InChI=1S/C20H24N4O2/c1-3-12-22-13-21-18-17(22)19(25)23(15-9-5-6-10-15)20(26)24(18)16-11-7-4-8-14(16)2/h4,7-8,11,13,15H,3,5-6,9-10,12H2,1-2H3. The highest BCUT2D eigenvalue weighted by Gasteiger charge is 2.26. The maximum atomic E-state index is 13.4. The average molecular weight is 352 g/mol. The largest absolute Gasteiger partial charge is 0.337 e. The van der Waals surface area contributed by atoms with Crippen molar-refractivity contribution < 1.29 is 0 Å². The summed E-state index contributed by atoms with van der Waals surface area (Å²) in [7, 11) is 0. The van der Waals surface area contributed by atoms with Crippen LogP contribution in [0.4, 0.5) is 0 Å². The molecule has 4 rings (SSSR count). The van der Waals surface area contributed by atoms with E-state index in [0.29, 0.717) is 17.7 Å². The summed E-state index contributed by atoms with van der Waals surface area (Å²) in [5.74, 6) is 0. The van der Waals surface area contributed by atoms with Gasteiger partial charge in [0, 0.05) is 12.6 Å². The minimum absolute atomic E-state index is 0.0142. The van der Waals surface area contributed by atoms with Crippen LogP contribution < -0.4 is 11.2 Å². The highest BCUT2D eigenvalue weighted by molar-refractivity contribution is 5.72. The van der Waals surface area contributed by atoms with Crippen LogP contribution in [-0.4, -0.2) is 18.7 Å². The van der Waals surface area contributed by atoms with Crippen molar-refractivity contribution in [2.75, 3.05) is 0 Å². The van der Waals surface area contributed by atoms with Crippen LogP contribution in [0.5, 0.6) is 0 Å². The first-order valence-electron chi connectivity index (χ1n) is 9.42. The van der Waals surface area contributed by atoms with Crippen molar-refractivity contribution >= 4 is 11.2 Å². The van der Waals surface area contributed by atoms with Crippen molar-refractivity contribution in [3.63, 3.8) is 0 Å². The Hall–Kier alpha value is -2.63. The Morgan fingerprint density at radius 3 is 2.58 bits per heavy atom. The Kier molecular flexibility index (Phi) is 4.26. The van der Waals surface area contributed by atoms with Gasteiger partial charge in [0.1, 0.15) is 0 Å². The van der Waals surface area contributed by atoms with E-state index in [1.165, 1.54) is 4.57 Å². The zero-order chi connectivity index (χ0) is 18.3. The second-order valence-electron chi connectivity index (χ2n) is 7.13. The van der Waals surface area contributed by atoms with Crippen molar-refractivity contribution in [1.82, 2.24) is 18.7 Å². The third-order valence-electron chi connectivity index (χ3n) is 5.36. The van der Waals surface area contributed by atoms with Gasteiger partial charge >= 0.3 is 5.69 Å². The summed E-state index contributed by atoms with van der Waals surface area (Å²) in [5, 5.41) is 0. The Balaban J connectivity index is 2.12. The van der Waals surface area contributed by atoms with E-state index in [-0.39, 0.29) is 17.3 Å². The molecule has 2 aromatic heterocycles. The van der Waals surface area contributed by atoms with Gasteiger partial charge in [0.15, 0.2) is 11.2 Å². The molecule has 0 N–H and O–H groups in total. The summed E-state index contributed by atoms with van der Waals surface area (Å²) in [6.07, 6.45) is 6.48. The molecule has 26 heavy (non-hydrogen) atoms. The zero-order valence-corrected chi connectivity index (χ0v) is 15.3. The molecule has 1 aliphatic carbocycles. The van der Waals surface area contributed by atoms with Gasteiger partial charge in [0.25, 0.3) is 5.56 Å². The molecule has 0 spiro atoms. The normalized spacial score (nSPS) is 15.2. The zero-order valence-electron chi connectivity index (χ0n) is 15.3. The Bertz CT molecular complexity index is 1070. The second-order valence-corrected chi connectivity index (χ2v) is 7.13. The molecular formula is C20H24N4O2. The molecule has 0 saturated heterocycles. The molecule has 0 amide bonds. The van der Waals surface area contributed by atoms with Crippen LogP contribution in [0, 0.1) is 6.92 Å². The van der Waals surface area contributed by atoms with E-state index < -0.39 is 0 Å². The average Bonchev–Trinajstić information content (AvgIpc) is 3.28. The van der Waals surface area contributed by atoms with E-state index in [1.54, 1.807) is 10.9 Å². The number of nitrogens with zero attached hydrogens (tertiary/aromatic N) is 4. The summed E-state index contributed by atoms with van der Waals surface area (Å²) >= 11 is 0. The Morgan fingerprint density at radius 1 is 1.15 bits per heavy atom. The van der Waals surface area contributed by atoms with Crippen LogP contribution in [0.25, 0.3) is 16.9 Å². The molecule has 2 heterocycles. The number of hydrogen-bond acceptors (Lipinski definition) is 3. The lowest BCUT2D eigenvalue weighted by Crippen LogP contribution is -2.42. The van der Waals surface area contributed by atoms with E-state index in [9.17, 15) is 9.59 Å². The highest BCUT2D eigenvalue weighted by Crippen LogP contribution is 2.28. The van der Waals surface area contributed by atoms with Crippen molar-refractivity contribution in [3.8, 4) is 5.69 Å².